The van der Waals surface area contributed by atoms with Crippen molar-refractivity contribution in [2.24, 2.45) is 5.73 Å². The lowest BCUT2D eigenvalue weighted by atomic mass is 9.82. The number of hydrogen-bond acceptors (Lipinski definition) is 4. The summed E-state index contributed by atoms with van der Waals surface area (Å²) in [5.74, 6) is 0.570. The van der Waals surface area contributed by atoms with E-state index in [1.165, 1.54) is 18.6 Å². The predicted molar refractivity (Wildman–Crippen MR) is 73.4 cm³/mol. The third-order valence-electron chi connectivity index (χ3n) is 4.04. The van der Waals surface area contributed by atoms with Gasteiger partial charge in [-0.05, 0) is 37.5 Å². The molecule has 0 saturated heterocycles. The van der Waals surface area contributed by atoms with Crippen LogP contribution in [-0.4, -0.2) is 10.1 Å². The second-order valence-corrected chi connectivity index (χ2v) is 5.60. The van der Waals surface area contributed by atoms with Crippen LogP contribution in [0.4, 0.5) is 4.39 Å². The van der Waals surface area contributed by atoms with Crippen LogP contribution in [0.3, 0.4) is 0 Å². The van der Waals surface area contributed by atoms with Gasteiger partial charge >= 0.3 is 0 Å². The summed E-state index contributed by atoms with van der Waals surface area (Å²) in [6.45, 7) is 1.89. The minimum Gasteiger partial charge on any atom is -0.337 e. The molecule has 1 saturated carbocycles. The highest BCUT2D eigenvalue weighted by Crippen LogP contribution is 2.34. The Hall–Kier alpha value is -1.75. The first kappa shape index (κ1) is 13.2. The number of nitrogens with two attached hydrogens (primary N) is 1. The lowest BCUT2D eigenvalue weighted by Gasteiger charge is -2.29. The van der Waals surface area contributed by atoms with Crippen molar-refractivity contribution in [2.45, 2.75) is 44.6 Å². The average Bonchev–Trinajstić information content (AvgIpc) is 2.93. The van der Waals surface area contributed by atoms with E-state index < -0.39 is 5.54 Å². The third kappa shape index (κ3) is 2.33. The van der Waals surface area contributed by atoms with Crippen molar-refractivity contribution in [3.05, 3.63) is 35.5 Å². The summed E-state index contributed by atoms with van der Waals surface area (Å²) in [5.41, 5.74) is 7.41. The third-order valence-corrected chi connectivity index (χ3v) is 4.04. The molecule has 1 aromatic carbocycles. The standard InChI is InChI=1S/C15H18FN3O/c1-10-5-6-11(16)9-12(10)13-18-14(20-19-13)15(17)7-3-2-4-8-15/h5-6,9H,2-4,7-8,17H2,1H3. The SMILES string of the molecule is Cc1ccc(F)cc1-c1noc(C2(N)CCCCC2)n1. The molecule has 1 aromatic heterocycles. The van der Waals surface area contributed by atoms with E-state index in [-0.39, 0.29) is 5.82 Å². The second-order valence-electron chi connectivity index (χ2n) is 5.60. The van der Waals surface area contributed by atoms with Crippen molar-refractivity contribution in [1.82, 2.24) is 10.1 Å². The first-order valence-corrected chi connectivity index (χ1v) is 6.98. The summed E-state index contributed by atoms with van der Waals surface area (Å²) in [7, 11) is 0. The number of benzene rings is 1. The molecule has 1 heterocycles. The highest BCUT2D eigenvalue weighted by Gasteiger charge is 2.35. The van der Waals surface area contributed by atoms with Crippen molar-refractivity contribution in [1.29, 1.82) is 0 Å². The maximum atomic E-state index is 13.4. The molecule has 106 valence electrons. The topological polar surface area (TPSA) is 64.9 Å². The molecule has 0 unspecified atom stereocenters. The molecule has 2 aromatic rings. The van der Waals surface area contributed by atoms with E-state index in [1.807, 2.05) is 6.92 Å². The second kappa shape index (κ2) is 4.98. The molecular formula is C15H18FN3O. The molecule has 1 fully saturated rings. The molecule has 1 aliphatic carbocycles. The normalized spacial score (nSPS) is 18.1. The van der Waals surface area contributed by atoms with Crippen molar-refractivity contribution in [3.8, 4) is 11.4 Å². The highest BCUT2D eigenvalue weighted by molar-refractivity contribution is 5.59. The summed E-state index contributed by atoms with van der Waals surface area (Å²) in [5, 5.41) is 3.98. The van der Waals surface area contributed by atoms with Crippen LogP contribution in [0, 0.1) is 12.7 Å². The average molecular weight is 275 g/mol. The Morgan fingerprint density at radius 3 is 2.75 bits per heavy atom. The van der Waals surface area contributed by atoms with Crippen LogP contribution in [0.25, 0.3) is 11.4 Å². The van der Waals surface area contributed by atoms with Gasteiger partial charge in [0.1, 0.15) is 5.82 Å². The molecule has 0 amide bonds. The van der Waals surface area contributed by atoms with Crippen molar-refractivity contribution in [3.63, 3.8) is 0 Å². The minimum absolute atomic E-state index is 0.308. The Balaban J connectivity index is 1.95. The smallest absolute Gasteiger partial charge is 0.247 e. The molecule has 0 aliphatic heterocycles. The van der Waals surface area contributed by atoms with Gasteiger partial charge in [-0.25, -0.2) is 4.39 Å². The Morgan fingerprint density at radius 2 is 2.00 bits per heavy atom. The van der Waals surface area contributed by atoms with E-state index in [0.29, 0.717) is 17.3 Å². The molecule has 0 spiro atoms. The van der Waals surface area contributed by atoms with E-state index in [0.717, 1.165) is 31.2 Å². The number of nitrogens with zero attached hydrogens (tertiary/aromatic N) is 2. The molecule has 1 aliphatic rings. The highest BCUT2D eigenvalue weighted by atomic mass is 19.1. The summed E-state index contributed by atoms with van der Waals surface area (Å²) in [6, 6.07) is 4.55. The Morgan fingerprint density at radius 1 is 1.25 bits per heavy atom. The quantitative estimate of drug-likeness (QED) is 0.913. The molecule has 5 heteroatoms. The van der Waals surface area contributed by atoms with Crippen LogP contribution in [0.1, 0.15) is 43.6 Å². The fourth-order valence-corrected chi connectivity index (χ4v) is 2.77. The van der Waals surface area contributed by atoms with E-state index in [9.17, 15) is 4.39 Å². The van der Waals surface area contributed by atoms with Crippen LogP contribution < -0.4 is 5.73 Å². The molecule has 0 radical (unpaired) electrons. The maximum absolute atomic E-state index is 13.4. The Bertz CT molecular complexity index is 617. The lowest BCUT2D eigenvalue weighted by Crippen LogP contribution is -2.38. The van der Waals surface area contributed by atoms with E-state index in [2.05, 4.69) is 10.1 Å². The Labute approximate surface area is 117 Å². The van der Waals surface area contributed by atoms with Gasteiger partial charge in [0.25, 0.3) is 0 Å². The summed E-state index contributed by atoms with van der Waals surface area (Å²) in [6.07, 6.45) is 5.07. The van der Waals surface area contributed by atoms with Gasteiger partial charge in [-0.3, -0.25) is 0 Å². The molecule has 20 heavy (non-hydrogen) atoms. The van der Waals surface area contributed by atoms with Crippen LogP contribution in [0.5, 0.6) is 0 Å². The van der Waals surface area contributed by atoms with Gasteiger partial charge < -0.3 is 10.3 Å². The molecule has 4 nitrogen and oxygen atoms in total. The fourth-order valence-electron chi connectivity index (χ4n) is 2.77. The van der Waals surface area contributed by atoms with Gasteiger partial charge in [0.2, 0.25) is 11.7 Å². The van der Waals surface area contributed by atoms with Crippen LogP contribution in [0.2, 0.25) is 0 Å². The van der Waals surface area contributed by atoms with Crippen molar-refractivity contribution >= 4 is 0 Å². The van der Waals surface area contributed by atoms with Crippen molar-refractivity contribution in [2.75, 3.05) is 0 Å². The summed E-state index contributed by atoms with van der Waals surface area (Å²) in [4.78, 5) is 4.41. The summed E-state index contributed by atoms with van der Waals surface area (Å²) >= 11 is 0. The van der Waals surface area contributed by atoms with Gasteiger partial charge in [-0.2, -0.15) is 4.98 Å². The zero-order valence-corrected chi connectivity index (χ0v) is 11.5. The number of aryl methyl sites for hydroxylation is 1. The van der Waals surface area contributed by atoms with Crippen LogP contribution in [-0.2, 0) is 5.54 Å². The summed E-state index contributed by atoms with van der Waals surface area (Å²) < 4.78 is 18.7. The lowest BCUT2D eigenvalue weighted by molar-refractivity contribution is 0.220. The van der Waals surface area contributed by atoms with Gasteiger partial charge in [-0.1, -0.05) is 30.5 Å². The molecule has 2 N–H and O–H groups in total. The van der Waals surface area contributed by atoms with E-state index >= 15 is 0 Å². The fraction of sp³-hybridized carbons (Fsp3) is 0.467. The molecule has 0 bridgehead atoms. The zero-order chi connectivity index (χ0) is 14.2. The van der Waals surface area contributed by atoms with Gasteiger partial charge in [-0.15, -0.1) is 0 Å². The molecule has 3 rings (SSSR count). The zero-order valence-electron chi connectivity index (χ0n) is 11.5. The minimum atomic E-state index is -0.523. The van der Waals surface area contributed by atoms with E-state index in [4.69, 9.17) is 10.3 Å². The Kier molecular flexibility index (Phi) is 3.30. The number of halogens is 1. The van der Waals surface area contributed by atoms with Crippen molar-refractivity contribution < 1.29 is 8.91 Å². The van der Waals surface area contributed by atoms with Gasteiger partial charge in [0.15, 0.2) is 0 Å². The maximum Gasteiger partial charge on any atom is 0.247 e. The molecular weight excluding hydrogens is 257 g/mol. The number of aromatic nitrogens is 2. The first-order chi connectivity index (χ1) is 9.58. The number of hydrogen-bond donors (Lipinski definition) is 1. The van der Waals surface area contributed by atoms with E-state index in [1.54, 1.807) is 6.07 Å². The molecule has 0 atom stereocenters. The first-order valence-electron chi connectivity index (χ1n) is 6.98. The van der Waals surface area contributed by atoms with Gasteiger partial charge in [0.05, 0.1) is 5.54 Å². The predicted octanol–water partition coefficient (Wildman–Crippen LogP) is 3.30. The van der Waals surface area contributed by atoms with Crippen LogP contribution in [0.15, 0.2) is 22.7 Å². The largest absolute Gasteiger partial charge is 0.337 e. The van der Waals surface area contributed by atoms with Crippen LogP contribution >= 0.6 is 0 Å². The van der Waals surface area contributed by atoms with Gasteiger partial charge in [0, 0.05) is 5.56 Å². The number of rotatable bonds is 2. The monoisotopic (exact) mass is 275 g/mol.